The lowest BCUT2D eigenvalue weighted by molar-refractivity contribution is -0.131. The number of furan rings is 1. The fourth-order valence-corrected chi connectivity index (χ4v) is 3.62. The van der Waals surface area contributed by atoms with E-state index < -0.39 is 5.91 Å². The maximum Gasteiger partial charge on any atom is 0.227 e. The van der Waals surface area contributed by atoms with Crippen molar-refractivity contribution in [3.63, 3.8) is 0 Å². The second kappa shape index (κ2) is 8.95. The number of rotatable bonds is 8. The number of fused-ring (bicyclic) bond motifs is 1. The van der Waals surface area contributed by atoms with Gasteiger partial charge in [-0.25, -0.2) is 0 Å². The first-order chi connectivity index (χ1) is 13.8. The molecule has 0 saturated heterocycles. The lowest BCUT2D eigenvalue weighted by atomic mass is 9.95. The van der Waals surface area contributed by atoms with Crippen LogP contribution in [-0.4, -0.2) is 23.3 Å². The Hall–Kier alpha value is -3.08. The average molecular weight is 392 g/mol. The lowest BCUT2D eigenvalue weighted by Gasteiger charge is -2.22. The number of amides is 2. The first-order valence-electron chi connectivity index (χ1n) is 9.95. The molecule has 0 aliphatic heterocycles. The Morgan fingerprint density at radius 3 is 2.52 bits per heavy atom. The van der Waals surface area contributed by atoms with E-state index in [0.717, 1.165) is 22.1 Å². The maximum absolute atomic E-state index is 13.1. The van der Waals surface area contributed by atoms with E-state index in [1.807, 2.05) is 36.4 Å². The highest BCUT2D eigenvalue weighted by Crippen LogP contribution is 2.29. The summed E-state index contributed by atoms with van der Waals surface area (Å²) in [4.78, 5) is 26.1. The molecule has 2 aromatic carbocycles. The third kappa shape index (κ3) is 5.05. The van der Waals surface area contributed by atoms with Crippen LogP contribution in [0, 0.1) is 6.92 Å². The minimum Gasteiger partial charge on any atom is -0.464 e. The van der Waals surface area contributed by atoms with E-state index in [4.69, 9.17) is 10.2 Å². The zero-order chi connectivity index (χ0) is 21.0. The Morgan fingerprint density at radius 2 is 1.86 bits per heavy atom. The van der Waals surface area contributed by atoms with Crippen molar-refractivity contribution in [3.05, 3.63) is 71.0 Å². The fourth-order valence-electron chi connectivity index (χ4n) is 3.62. The van der Waals surface area contributed by atoms with Gasteiger partial charge in [0, 0.05) is 30.5 Å². The Bertz CT molecular complexity index is 1010. The number of hydrogen-bond donors (Lipinski definition) is 1. The van der Waals surface area contributed by atoms with Crippen molar-refractivity contribution < 1.29 is 14.0 Å². The lowest BCUT2D eigenvalue weighted by Crippen LogP contribution is -2.34. The van der Waals surface area contributed by atoms with E-state index in [2.05, 4.69) is 26.8 Å². The molecule has 1 aromatic heterocycles. The highest BCUT2D eigenvalue weighted by atomic mass is 16.3. The summed E-state index contributed by atoms with van der Waals surface area (Å²) >= 11 is 0. The Labute approximate surface area is 171 Å². The van der Waals surface area contributed by atoms with E-state index in [1.54, 1.807) is 11.2 Å². The van der Waals surface area contributed by atoms with Crippen LogP contribution in [0.5, 0.6) is 0 Å². The van der Waals surface area contributed by atoms with Crippen LogP contribution >= 0.6 is 0 Å². The van der Waals surface area contributed by atoms with Crippen LogP contribution in [0.25, 0.3) is 11.0 Å². The molecule has 0 unspecified atom stereocenters. The fraction of sp³-hybridized carbons (Fsp3) is 0.333. The van der Waals surface area contributed by atoms with E-state index >= 15 is 0 Å². The molecule has 5 heteroatoms. The molecule has 1 heterocycles. The van der Waals surface area contributed by atoms with Crippen LogP contribution in [0.3, 0.4) is 0 Å². The number of nitrogens with zero attached hydrogens (tertiary/aromatic N) is 1. The van der Waals surface area contributed by atoms with Gasteiger partial charge in [-0.15, -0.1) is 0 Å². The summed E-state index contributed by atoms with van der Waals surface area (Å²) in [6.45, 7) is 7.14. The highest BCUT2D eigenvalue weighted by Gasteiger charge is 2.19. The van der Waals surface area contributed by atoms with Crippen LogP contribution in [0.1, 0.15) is 48.4 Å². The molecule has 29 heavy (non-hydrogen) atoms. The second-order valence-corrected chi connectivity index (χ2v) is 7.81. The molecule has 0 atom stereocenters. The predicted octanol–water partition coefficient (Wildman–Crippen LogP) is 4.31. The normalized spacial score (nSPS) is 11.2. The standard InChI is InChI=1S/C24H28N2O3/c1-16(2)20-13-21-19(15-29-22(21)11-17(20)3)12-24(28)26(10-9-23(25)27)14-18-7-5-4-6-8-18/h4-8,11,13,15-16H,9-10,12,14H2,1-3H3,(H2,25,27). The van der Waals surface area contributed by atoms with Crippen LogP contribution in [0.15, 0.2) is 53.1 Å². The number of hydrogen-bond acceptors (Lipinski definition) is 3. The molecular formula is C24H28N2O3. The number of benzene rings is 2. The molecule has 0 saturated carbocycles. The molecular weight excluding hydrogens is 364 g/mol. The molecule has 5 nitrogen and oxygen atoms in total. The second-order valence-electron chi connectivity index (χ2n) is 7.81. The van der Waals surface area contributed by atoms with Crippen LogP contribution in [0.4, 0.5) is 0 Å². The minimum atomic E-state index is -0.415. The van der Waals surface area contributed by atoms with E-state index in [-0.39, 0.29) is 18.7 Å². The molecule has 0 spiro atoms. The molecule has 0 aliphatic carbocycles. The van der Waals surface area contributed by atoms with Gasteiger partial charge in [0.05, 0.1) is 12.7 Å². The smallest absolute Gasteiger partial charge is 0.227 e. The van der Waals surface area contributed by atoms with Gasteiger partial charge in [-0.1, -0.05) is 44.2 Å². The van der Waals surface area contributed by atoms with Crippen molar-refractivity contribution in [2.45, 2.75) is 46.1 Å². The van der Waals surface area contributed by atoms with Crippen molar-refractivity contribution in [3.8, 4) is 0 Å². The van der Waals surface area contributed by atoms with Gasteiger partial charge in [0.15, 0.2) is 0 Å². The number of nitrogens with two attached hydrogens (primary N) is 1. The number of carbonyl (C=O) groups excluding carboxylic acids is 2. The van der Waals surface area contributed by atoms with Gasteiger partial charge in [-0.05, 0) is 41.7 Å². The topological polar surface area (TPSA) is 76.5 Å². The third-order valence-corrected chi connectivity index (χ3v) is 5.20. The Kier molecular flexibility index (Phi) is 6.37. The molecule has 2 N–H and O–H groups in total. The largest absolute Gasteiger partial charge is 0.464 e. The zero-order valence-corrected chi connectivity index (χ0v) is 17.3. The summed E-state index contributed by atoms with van der Waals surface area (Å²) in [6, 6.07) is 13.9. The van der Waals surface area contributed by atoms with E-state index in [0.29, 0.717) is 19.0 Å². The maximum atomic E-state index is 13.1. The molecule has 0 radical (unpaired) electrons. The summed E-state index contributed by atoms with van der Waals surface area (Å²) < 4.78 is 5.72. The predicted molar refractivity (Wildman–Crippen MR) is 114 cm³/mol. The van der Waals surface area contributed by atoms with Gasteiger partial charge in [0.2, 0.25) is 11.8 Å². The Morgan fingerprint density at radius 1 is 1.14 bits per heavy atom. The molecule has 0 fully saturated rings. The van der Waals surface area contributed by atoms with E-state index in [1.165, 1.54) is 11.1 Å². The van der Waals surface area contributed by atoms with Crippen molar-refractivity contribution in [2.24, 2.45) is 5.73 Å². The molecule has 3 rings (SSSR count). The van der Waals surface area contributed by atoms with Gasteiger partial charge in [0.1, 0.15) is 5.58 Å². The van der Waals surface area contributed by atoms with Gasteiger partial charge in [0.25, 0.3) is 0 Å². The van der Waals surface area contributed by atoms with Gasteiger partial charge >= 0.3 is 0 Å². The zero-order valence-electron chi connectivity index (χ0n) is 17.3. The van der Waals surface area contributed by atoms with Crippen molar-refractivity contribution >= 4 is 22.8 Å². The number of carbonyl (C=O) groups is 2. The SMILES string of the molecule is Cc1cc2occ(CC(=O)N(CCC(N)=O)Cc3ccccc3)c2cc1C(C)C. The third-order valence-electron chi connectivity index (χ3n) is 5.20. The monoisotopic (exact) mass is 392 g/mol. The quantitative estimate of drug-likeness (QED) is 0.620. The van der Waals surface area contributed by atoms with Gasteiger partial charge in [-0.2, -0.15) is 0 Å². The van der Waals surface area contributed by atoms with Crippen LogP contribution in [-0.2, 0) is 22.6 Å². The minimum absolute atomic E-state index is 0.0514. The van der Waals surface area contributed by atoms with Gasteiger partial charge < -0.3 is 15.1 Å². The summed E-state index contributed by atoms with van der Waals surface area (Å²) in [7, 11) is 0. The number of primary amides is 1. The van der Waals surface area contributed by atoms with Crippen LogP contribution < -0.4 is 5.73 Å². The first-order valence-corrected chi connectivity index (χ1v) is 9.95. The Balaban J connectivity index is 1.84. The summed E-state index contributed by atoms with van der Waals surface area (Å²) in [5, 5.41) is 0.974. The van der Waals surface area contributed by atoms with Gasteiger partial charge in [-0.3, -0.25) is 9.59 Å². The van der Waals surface area contributed by atoms with Crippen molar-refractivity contribution in [1.82, 2.24) is 4.90 Å². The molecule has 3 aromatic rings. The summed E-state index contributed by atoms with van der Waals surface area (Å²) in [5.74, 6) is -0.0749. The molecule has 0 bridgehead atoms. The first kappa shape index (κ1) is 20.6. The number of aryl methyl sites for hydroxylation is 1. The highest BCUT2D eigenvalue weighted by molar-refractivity contribution is 5.89. The molecule has 2 amide bonds. The summed E-state index contributed by atoms with van der Waals surface area (Å²) in [6.07, 6.45) is 2.03. The van der Waals surface area contributed by atoms with Crippen molar-refractivity contribution in [2.75, 3.05) is 6.54 Å². The molecule has 152 valence electrons. The van der Waals surface area contributed by atoms with E-state index in [9.17, 15) is 9.59 Å². The van der Waals surface area contributed by atoms with Crippen molar-refractivity contribution in [1.29, 1.82) is 0 Å². The summed E-state index contributed by atoms with van der Waals surface area (Å²) in [5.41, 5.74) is 10.4. The average Bonchev–Trinajstić information content (AvgIpc) is 3.06. The molecule has 0 aliphatic rings. The van der Waals surface area contributed by atoms with Crippen LogP contribution in [0.2, 0.25) is 0 Å².